The van der Waals surface area contributed by atoms with E-state index in [1.54, 1.807) is 13.8 Å². The van der Waals surface area contributed by atoms with E-state index in [-0.39, 0.29) is 0 Å². The van der Waals surface area contributed by atoms with Crippen LogP contribution in [0.15, 0.2) is 10.8 Å². The summed E-state index contributed by atoms with van der Waals surface area (Å²) in [5.41, 5.74) is 0.744. The van der Waals surface area contributed by atoms with Crippen LogP contribution < -0.4 is 5.32 Å². The molecule has 0 aliphatic rings. The van der Waals surface area contributed by atoms with E-state index in [1.165, 1.54) is 6.39 Å². The Labute approximate surface area is 75.8 Å². The van der Waals surface area contributed by atoms with Crippen molar-refractivity contribution in [2.75, 3.05) is 0 Å². The predicted octanol–water partition coefficient (Wildman–Crippen LogP) is 0.546. The molecule has 13 heavy (non-hydrogen) atoms. The quantitative estimate of drug-likeness (QED) is 0.714. The minimum atomic E-state index is -0.874. The summed E-state index contributed by atoms with van der Waals surface area (Å²) in [5.74, 6) is -0.161. The van der Waals surface area contributed by atoms with E-state index in [0.29, 0.717) is 12.3 Å². The van der Waals surface area contributed by atoms with E-state index >= 15 is 0 Å². The van der Waals surface area contributed by atoms with Crippen LogP contribution in [0.25, 0.3) is 0 Å². The first-order valence-electron chi connectivity index (χ1n) is 3.96. The van der Waals surface area contributed by atoms with Gasteiger partial charge < -0.3 is 9.52 Å². The molecule has 1 aromatic rings. The SMILES string of the molecule is Cc1ocnc1CN[C@@H](C)C(=O)O. The maximum atomic E-state index is 10.4. The van der Waals surface area contributed by atoms with Crippen molar-refractivity contribution < 1.29 is 14.3 Å². The average molecular weight is 184 g/mol. The zero-order chi connectivity index (χ0) is 9.84. The number of aromatic nitrogens is 1. The third kappa shape index (κ3) is 2.55. The van der Waals surface area contributed by atoms with Gasteiger partial charge in [-0.3, -0.25) is 10.1 Å². The van der Waals surface area contributed by atoms with Crippen LogP contribution >= 0.6 is 0 Å². The van der Waals surface area contributed by atoms with Gasteiger partial charge in [0.15, 0.2) is 6.39 Å². The molecule has 0 amide bonds. The number of hydrogen-bond acceptors (Lipinski definition) is 4. The molecule has 0 radical (unpaired) electrons. The molecule has 5 nitrogen and oxygen atoms in total. The molecule has 0 fully saturated rings. The lowest BCUT2D eigenvalue weighted by atomic mass is 10.3. The van der Waals surface area contributed by atoms with Crippen molar-refractivity contribution in [3.63, 3.8) is 0 Å². The van der Waals surface area contributed by atoms with Crippen molar-refractivity contribution in [2.24, 2.45) is 0 Å². The van der Waals surface area contributed by atoms with Gasteiger partial charge in [0, 0.05) is 6.54 Å². The molecule has 5 heteroatoms. The van der Waals surface area contributed by atoms with Crippen LogP contribution in [0.3, 0.4) is 0 Å². The fraction of sp³-hybridized carbons (Fsp3) is 0.500. The number of aliphatic carboxylic acids is 1. The summed E-state index contributed by atoms with van der Waals surface area (Å²) in [6.45, 7) is 3.78. The number of aryl methyl sites for hydroxylation is 1. The standard InChI is InChI=1S/C8H12N2O3/c1-5(8(11)12)9-3-7-6(2)13-4-10-7/h4-5,9H,3H2,1-2H3,(H,11,12)/t5-/m0/s1. The zero-order valence-corrected chi connectivity index (χ0v) is 7.57. The molecule has 0 spiro atoms. The molecular weight excluding hydrogens is 172 g/mol. The Morgan fingerprint density at radius 3 is 3.00 bits per heavy atom. The first-order chi connectivity index (χ1) is 6.11. The highest BCUT2D eigenvalue weighted by Crippen LogP contribution is 2.03. The van der Waals surface area contributed by atoms with Gasteiger partial charge in [0.25, 0.3) is 0 Å². The summed E-state index contributed by atoms with van der Waals surface area (Å²) in [7, 11) is 0. The first-order valence-corrected chi connectivity index (χ1v) is 3.96. The Kier molecular flexibility index (Phi) is 3.02. The summed E-state index contributed by atoms with van der Waals surface area (Å²) in [6.07, 6.45) is 1.35. The maximum absolute atomic E-state index is 10.4. The van der Waals surface area contributed by atoms with E-state index in [9.17, 15) is 4.79 Å². The Morgan fingerprint density at radius 1 is 1.85 bits per heavy atom. The average Bonchev–Trinajstić information content (AvgIpc) is 2.47. The number of rotatable bonds is 4. The van der Waals surface area contributed by atoms with E-state index in [0.717, 1.165) is 5.69 Å². The van der Waals surface area contributed by atoms with Crippen molar-refractivity contribution in [3.05, 3.63) is 17.8 Å². The Balaban J connectivity index is 2.44. The van der Waals surface area contributed by atoms with Crippen LogP contribution in [0.4, 0.5) is 0 Å². The van der Waals surface area contributed by atoms with Gasteiger partial charge in [-0.15, -0.1) is 0 Å². The summed E-state index contributed by atoms with van der Waals surface area (Å²) in [6, 6.07) is -0.573. The zero-order valence-electron chi connectivity index (χ0n) is 7.57. The fourth-order valence-corrected chi connectivity index (χ4v) is 0.835. The van der Waals surface area contributed by atoms with E-state index < -0.39 is 12.0 Å². The van der Waals surface area contributed by atoms with Crippen molar-refractivity contribution in [2.45, 2.75) is 26.4 Å². The molecule has 0 aliphatic heterocycles. The number of nitrogens with one attached hydrogen (secondary N) is 1. The summed E-state index contributed by atoms with van der Waals surface area (Å²) < 4.78 is 4.96. The fourth-order valence-electron chi connectivity index (χ4n) is 0.835. The van der Waals surface area contributed by atoms with E-state index in [1.807, 2.05) is 0 Å². The lowest BCUT2D eigenvalue weighted by Gasteiger charge is -2.06. The van der Waals surface area contributed by atoms with Crippen molar-refractivity contribution in [3.8, 4) is 0 Å². The van der Waals surface area contributed by atoms with Crippen LogP contribution in [0.1, 0.15) is 18.4 Å². The number of carbonyl (C=O) groups is 1. The molecule has 1 heterocycles. The van der Waals surface area contributed by atoms with Crippen LogP contribution in [-0.2, 0) is 11.3 Å². The molecule has 0 saturated carbocycles. The highest BCUT2D eigenvalue weighted by Gasteiger charge is 2.11. The minimum absolute atomic E-state index is 0.413. The molecule has 72 valence electrons. The normalized spacial score (nSPS) is 12.8. The first kappa shape index (κ1) is 9.73. The van der Waals surface area contributed by atoms with Gasteiger partial charge in [0.2, 0.25) is 0 Å². The van der Waals surface area contributed by atoms with Crippen molar-refractivity contribution >= 4 is 5.97 Å². The number of oxazole rings is 1. The molecule has 1 rings (SSSR count). The maximum Gasteiger partial charge on any atom is 0.320 e. The molecule has 0 bridgehead atoms. The molecular formula is C8H12N2O3. The van der Waals surface area contributed by atoms with Crippen molar-refractivity contribution in [1.82, 2.24) is 10.3 Å². The monoisotopic (exact) mass is 184 g/mol. The van der Waals surface area contributed by atoms with E-state index in [4.69, 9.17) is 9.52 Å². The van der Waals surface area contributed by atoms with Gasteiger partial charge in [-0.1, -0.05) is 0 Å². The molecule has 0 saturated heterocycles. The molecule has 2 N–H and O–H groups in total. The smallest absolute Gasteiger partial charge is 0.320 e. The molecule has 0 aliphatic carbocycles. The van der Waals surface area contributed by atoms with Crippen LogP contribution in [0, 0.1) is 6.92 Å². The van der Waals surface area contributed by atoms with Gasteiger partial charge >= 0.3 is 5.97 Å². The molecule has 1 atom stereocenters. The van der Waals surface area contributed by atoms with Gasteiger partial charge in [0.05, 0.1) is 5.69 Å². The number of hydrogen-bond donors (Lipinski definition) is 2. The number of carboxylic acid groups (broad SMARTS) is 1. The number of carboxylic acids is 1. The Hall–Kier alpha value is -1.36. The topological polar surface area (TPSA) is 75.4 Å². The third-order valence-electron chi connectivity index (χ3n) is 1.79. The van der Waals surface area contributed by atoms with Gasteiger partial charge in [-0.25, -0.2) is 4.98 Å². The second kappa shape index (κ2) is 4.04. The predicted molar refractivity (Wildman–Crippen MR) is 45.2 cm³/mol. The highest BCUT2D eigenvalue weighted by atomic mass is 16.4. The lowest BCUT2D eigenvalue weighted by Crippen LogP contribution is -2.33. The summed E-state index contributed by atoms with van der Waals surface area (Å²) >= 11 is 0. The van der Waals surface area contributed by atoms with Crippen LogP contribution in [0.2, 0.25) is 0 Å². The van der Waals surface area contributed by atoms with E-state index in [2.05, 4.69) is 10.3 Å². The van der Waals surface area contributed by atoms with Crippen LogP contribution in [0.5, 0.6) is 0 Å². The second-order valence-electron chi connectivity index (χ2n) is 2.80. The molecule has 0 aromatic carbocycles. The summed E-state index contributed by atoms with van der Waals surface area (Å²) in [5, 5.41) is 11.4. The largest absolute Gasteiger partial charge is 0.480 e. The van der Waals surface area contributed by atoms with Crippen molar-refractivity contribution in [1.29, 1.82) is 0 Å². The Bertz CT molecular complexity index is 295. The minimum Gasteiger partial charge on any atom is -0.480 e. The van der Waals surface area contributed by atoms with Gasteiger partial charge in [-0.2, -0.15) is 0 Å². The highest BCUT2D eigenvalue weighted by molar-refractivity contribution is 5.72. The lowest BCUT2D eigenvalue weighted by molar-refractivity contribution is -0.139. The molecule has 0 unspecified atom stereocenters. The number of nitrogens with zero attached hydrogens (tertiary/aromatic N) is 1. The summed E-state index contributed by atoms with van der Waals surface area (Å²) in [4.78, 5) is 14.4. The Morgan fingerprint density at radius 2 is 2.54 bits per heavy atom. The van der Waals surface area contributed by atoms with Gasteiger partial charge in [0.1, 0.15) is 11.8 Å². The van der Waals surface area contributed by atoms with Gasteiger partial charge in [-0.05, 0) is 13.8 Å². The second-order valence-corrected chi connectivity index (χ2v) is 2.80. The van der Waals surface area contributed by atoms with Crippen LogP contribution in [-0.4, -0.2) is 22.1 Å². The third-order valence-corrected chi connectivity index (χ3v) is 1.79. The molecule has 1 aromatic heterocycles.